The highest BCUT2D eigenvalue weighted by Gasteiger charge is 2.40. The van der Waals surface area contributed by atoms with Crippen molar-refractivity contribution in [3.05, 3.63) is 0 Å². The number of rotatable bonds is 22. The lowest BCUT2D eigenvalue weighted by atomic mass is 10.0. The van der Waals surface area contributed by atoms with Crippen LogP contribution in [0.15, 0.2) is 0 Å². The number of nitrogens with two attached hydrogens (primary N) is 2. The number of nitrogens with zero attached hydrogens (tertiary/aromatic N) is 2. The highest BCUT2D eigenvalue weighted by atomic mass is 16.4. The van der Waals surface area contributed by atoms with Gasteiger partial charge >= 0.3 is 17.9 Å². The lowest BCUT2D eigenvalue weighted by Crippen LogP contribution is -2.61. The minimum Gasteiger partial charge on any atom is -0.481 e. The molecule has 13 N–H and O–H groups in total. The molecule has 8 amide bonds. The average molecular weight is 814 g/mol. The molecule has 0 aromatic heterocycles. The Hall–Kier alpha value is -5.91. The molecule has 2 fully saturated rings. The number of hydrogen-bond acceptors (Lipinski definition) is 13. The fraction of sp³-hybridized carbons (Fsp3) is 0.667. The highest BCUT2D eigenvalue weighted by molar-refractivity contribution is 5.99. The maximum absolute atomic E-state index is 13.7. The van der Waals surface area contributed by atoms with Crippen LogP contribution < -0.4 is 38.1 Å². The van der Waals surface area contributed by atoms with E-state index >= 15 is 0 Å². The van der Waals surface area contributed by atoms with Gasteiger partial charge in [0, 0.05) is 19.5 Å². The van der Waals surface area contributed by atoms with E-state index in [1.165, 1.54) is 13.8 Å². The molecule has 2 aliphatic rings. The molecule has 318 valence electrons. The Kier molecular flexibility index (Phi) is 18.2. The first-order chi connectivity index (χ1) is 26.7. The van der Waals surface area contributed by atoms with Crippen LogP contribution in [0, 0.1) is 5.92 Å². The number of carbonyl (C=O) groups excluding carboxylic acids is 8. The lowest BCUT2D eigenvalue weighted by molar-refractivity contribution is -0.148. The number of carboxylic acids is 3. The predicted octanol–water partition coefficient (Wildman–Crippen LogP) is -5.70. The van der Waals surface area contributed by atoms with Gasteiger partial charge in [0.15, 0.2) is 0 Å². The second-order valence-electron chi connectivity index (χ2n) is 13.9. The van der Waals surface area contributed by atoms with Gasteiger partial charge in [0.1, 0.15) is 36.3 Å². The van der Waals surface area contributed by atoms with Crippen LogP contribution in [-0.2, 0) is 52.7 Å². The zero-order chi connectivity index (χ0) is 43.1. The monoisotopic (exact) mass is 813 g/mol. The fourth-order valence-electron chi connectivity index (χ4n) is 6.22. The van der Waals surface area contributed by atoms with Gasteiger partial charge in [-0.3, -0.25) is 47.9 Å². The maximum Gasteiger partial charge on any atom is 0.326 e. The van der Waals surface area contributed by atoms with Crippen molar-refractivity contribution < 1.29 is 73.2 Å². The normalized spacial score (nSPS) is 19.0. The predicted molar refractivity (Wildman–Crippen MR) is 191 cm³/mol. The van der Waals surface area contributed by atoms with Gasteiger partial charge in [-0.05, 0) is 38.0 Å². The van der Waals surface area contributed by atoms with Crippen molar-refractivity contribution in [2.75, 3.05) is 26.2 Å². The summed E-state index contributed by atoms with van der Waals surface area (Å²) in [5.41, 5.74) is 10.9. The SMILES string of the molecule is CC(C)[C@H](NC(=O)[C@@H](N)CC(=O)O)C(=O)N[C@@H](CCC(=O)O)C(=O)N[C@@H](CO)C(=O)N[C@@H](CC(N)=O)C(=O)N1CCC[C@H]1C(=O)NCC(=O)N1CCC[C@H]1C(=O)O. The summed E-state index contributed by atoms with van der Waals surface area (Å²) in [6.45, 7) is 1.51. The van der Waals surface area contributed by atoms with Crippen molar-refractivity contribution in [3.8, 4) is 0 Å². The van der Waals surface area contributed by atoms with Crippen LogP contribution in [0.5, 0.6) is 0 Å². The topological polar surface area (TPSA) is 387 Å². The van der Waals surface area contributed by atoms with E-state index < -0.39 is 152 Å². The zero-order valence-corrected chi connectivity index (χ0v) is 31.4. The van der Waals surface area contributed by atoms with Gasteiger partial charge in [0.05, 0.1) is 32.0 Å². The molecule has 0 saturated carbocycles. The molecule has 2 rings (SSSR count). The summed E-state index contributed by atoms with van der Waals surface area (Å²) in [7, 11) is 0. The Balaban J connectivity index is 2.17. The fourth-order valence-corrected chi connectivity index (χ4v) is 6.22. The molecule has 0 aromatic carbocycles. The van der Waals surface area contributed by atoms with Crippen molar-refractivity contribution in [1.29, 1.82) is 0 Å². The van der Waals surface area contributed by atoms with Crippen LogP contribution in [0.3, 0.4) is 0 Å². The van der Waals surface area contributed by atoms with Crippen molar-refractivity contribution >= 4 is 65.2 Å². The number of likely N-dealkylation sites (tertiary alicyclic amines) is 2. The Bertz CT molecular complexity index is 1570. The van der Waals surface area contributed by atoms with Gasteiger partial charge < -0.3 is 68.3 Å². The maximum atomic E-state index is 13.7. The first kappa shape index (κ1) is 47.2. The van der Waals surface area contributed by atoms with Crippen LogP contribution >= 0.6 is 0 Å². The Morgan fingerprint density at radius 1 is 0.702 bits per heavy atom. The molecule has 24 nitrogen and oxygen atoms in total. The minimum atomic E-state index is -1.86. The summed E-state index contributed by atoms with van der Waals surface area (Å²) in [6, 6.07) is -10.4. The average Bonchev–Trinajstić information content (AvgIpc) is 3.83. The third-order valence-corrected chi connectivity index (χ3v) is 9.20. The van der Waals surface area contributed by atoms with E-state index in [0.29, 0.717) is 12.8 Å². The molecule has 0 unspecified atom stereocenters. The lowest BCUT2D eigenvalue weighted by Gasteiger charge is -2.30. The third kappa shape index (κ3) is 14.3. The van der Waals surface area contributed by atoms with Crippen molar-refractivity contribution in [1.82, 2.24) is 36.4 Å². The van der Waals surface area contributed by atoms with E-state index in [1.54, 1.807) is 0 Å². The van der Waals surface area contributed by atoms with E-state index in [2.05, 4.69) is 26.6 Å². The standard InChI is InChI=1S/C33H51N9O15/c1-15(2)26(40-27(50)16(34)11-25(48)49)31(54)37-17(7-8-24(46)47)28(51)39-19(14-43)29(52)38-18(12-22(35)44)32(55)42-10-3-5-20(42)30(53)36-13-23(45)41-9-4-6-21(41)33(56)57/h15-21,26,43H,3-14,34H2,1-2H3,(H2,35,44)(H,36,53)(H,37,54)(H,38,52)(H,39,51)(H,40,50)(H,46,47)(H,48,49)(H,56,57)/t16-,17-,18-,19-,20-,21-,26-/m0/s1. The summed E-state index contributed by atoms with van der Waals surface area (Å²) in [5, 5.41) is 48.8. The zero-order valence-electron chi connectivity index (χ0n) is 31.4. The van der Waals surface area contributed by atoms with Crippen LogP contribution in [0.1, 0.15) is 65.2 Å². The van der Waals surface area contributed by atoms with Gasteiger partial charge in [-0.15, -0.1) is 0 Å². The van der Waals surface area contributed by atoms with Crippen molar-refractivity contribution in [3.63, 3.8) is 0 Å². The molecule has 2 saturated heterocycles. The number of aliphatic carboxylic acids is 3. The van der Waals surface area contributed by atoms with Crippen LogP contribution in [0.25, 0.3) is 0 Å². The molecule has 0 aliphatic carbocycles. The summed E-state index contributed by atoms with van der Waals surface area (Å²) in [6.07, 6.45) is -1.63. The number of aliphatic hydroxyl groups is 1. The molecule has 0 bridgehead atoms. The summed E-state index contributed by atoms with van der Waals surface area (Å²) in [4.78, 5) is 140. The van der Waals surface area contributed by atoms with Crippen LogP contribution in [-0.4, -0.2) is 164 Å². The molecule has 0 radical (unpaired) electrons. The number of amides is 8. The van der Waals surface area contributed by atoms with Gasteiger partial charge in [-0.1, -0.05) is 13.8 Å². The largest absolute Gasteiger partial charge is 0.481 e. The van der Waals surface area contributed by atoms with E-state index in [-0.39, 0.29) is 25.9 Å². The molecule has 24 heteroatoms. The second-order valence-corrected chi connectivity index (χ2v) is 13.9. The van der Waals surface area contributed by atoms with E-state index in [9.17, 15) is 68.1 Å². The van der Waals surface area contributed by atoms with Crippen LogP contribution in [0.4, 0.5) is 0 Å². The van der Waals surface area contributed by atoms with Gasteiger partial charge in [0.25, 0.3) is 0 Å². The second kappa shape index (κ2) is 22.0. The molecule has 0 aromatic rings. The number of nitrogens with one attached hydrogen (secondary N) is 5. The summed E-state index contributed by atoms with van der Waals surface area (Å²) in [5.74, 6) is -12.4. The molecule has 7 atom stereocenters. The number of carbonyl (C=O) groups is 11. The van der Waals surface area contributed by atoms with Gasteiger partial charge in [0.2, 0.25) is 47.3 Å². The van der Waals surface area contributed by atoms with E-state index in [4.69, 9.17) is 16.6 Å². The molecule has 0 spiro atoms. The van der Waals surface area contributed by atoms with E-state index in [0.717, 1.165) is 9.80 Å². The first-order valence-electron chi connectivity index (χ1n) is 18.1. The Morgan fingerprint density at radius 3 is 1.81 bits per heavy atom. The molecular weight excluding hydrogens is 762 g/mol. The molecular formula is C33H51N9O15. The summed E-state index contributed by atoms with van der Waals surface area (Å²) >= 11 is 0. The number of aliphatic hydroxyl groups excluding tert-OH is 1. The van der Waals surface area contributed by atoms with Crippen LogP contribution in [0.2, 0.25) is 0 Å². The quantitative estimate of drug-likeness (QED) is 0.0485. The molecule has 2 heterocycles. The Labute approximate surface area is 325 Å². The molecule has 57 heavy (non-hydrogen) atoms. The number of hydrogen-bond donors (Lipinski definition) is 11. The smallest absolute Gasteiger partial charge is 0.326 e. The van der Waals surface area contributed by atoms with Gasteiger partial charge in [-0.25, -0.2) is 4.79 Å². The van der Waals surface area contributed by atoms with Crippen molar-refractivity contribution in [2.45, 2.75) is 108 Å². The number of carboxylic acid groups (broad SMARTS) is 3. The Morgan fingerprint density at radius 2 is 1.26 bits per heavy atom. The highest BCUT2D eigenvalue weighted by Crippen LogP contribution is 2.20. The third-order valence-electron chi connectivity index (χ3n) is 9.20. The number of primary amides is 1. The van der Waals surface area contributed by atoms with E-state index in [1.807, 2.05) is 0 Å². The van der Waals surface area contributed by atoms with Crippen molar-refractivity contribution in [2.24, 2.45) is 17.4 Å². The minimum absolute atomic E-state index is 0.0162. The summed E-state index contributed by atoms with van der Waals surface area (Å²) < 4.78 is 0. The first-order valence-corrected chi connectivity index (χ1v) is 18.1. The van der Waals surface area contributed by atoms with Gasteiger partial charge in [-0.2, -0.15) is 0 Å². The molecule has 2 aliphatic heterocycles.